The maximum absolute atomic E-state index is 12.3. The lowest BCUT2D eigenvalue weighted by atomic mass is 9.95. The van der Waals surface area contributed by atoms with Crippen molar-refractivity contribution in [3.05, 3.63) is 47.0 Å². The number of hydrogen-bond acceptors (Lipinski definition) is 5. The average molecular weight is 385 g/mol. The molecular weight excluding hydrogens is 358 g/mol. The SMILES string of the molecule is COc1cc2c(c(OC)c1OC)CCC(c1cccc(C(=O)NC(C)C)c1)O2. The third kappa shape index (κ3) is 3.86. The van der Waals surface area contributed by atoms with E-state index in [0.717, 1.165) is 24.0 Å². The summed E-state index contributed by atoms with van der Waals surface area (Å²) in [6.45, 7) is 3.88. The molecule has 6 nitrogen and oxygen atoms in total. The monoisotopic (exact) mass is 385 g/mol. The molecule has 1 amide bonds. The average Bonchev–Trinajstić information content (AvgIpc) is 2.71. The highest BCUT2D eigenvalue weighted by atomic mass is 16.5. The van der Waals surface area contributed by atoms with Gasteiger partial charge in [-0.25, -0.2) is 0 Å². The number of nitrogens with one attached hydrogen (secondary N) is 1. The summed E-state index contributed by atoms with van der Waals surface area (Å²) in [7, 11) is 4.79. The van der Waals surface area contributed by atoms with Crippen LogP contribution in [0.25, 0.3) is 0 Å². The minimum atomic E-state index is -0.151. The van der Waals surface area contributed by atoms with Crippen LogP contribution in [-0.4, -0.2) is 33.3 Å². The molecule has 1 atom stereocenters. The van der Waals surface area contributed by atoms with Gasteiger partial charge in [0.1, 0.15) is 11.9 Å². The number of methoxy groups -OCH3 is 3. The Morgan fingerprint density at radius 3 is 2.50 bits per heavy atom. The first-order chi connectivity index (χ1) is 13.5. The van der Waals surface area contributed by atoms with Gasteiger partial charge in [0.05, 0.1) is 21.3 Å². The van der Waals surface area contributed by atoms with Gasteiger partial charge in [-0.05, 0) is 44.4 Å². The van der Waals surface area contributed by atoms with Crippen LogP contribution in [0.1, 0.15) is 47.9 Å². The minimum absolute atomic E-state index is 0.0823. The highest BCUT2D eigenvalue weighted by Crippen LogP contribution is 2.49. The summed E-state index contributed by atoms with van der Waals surface area (Å²) in [6.07, 6.45) is 1.39. The molecule has 3 rings (SSSR count). The quantitative estimate of drug-likeness (QED) is 0.816. The number of benzene rings is 2. The van der Waals surface area contributed by atoms with Crippen molar-refractivity contribution in [3.8, 4) is 23.0 Å². The Balaban J connectivity index is 1.91. The van der Waals surface area contributed by atoms with Crippen LogP contribution in [0.2, 0.25) is 0 Å². The third-order valence-electron chi connectivity index (χ3n) is 4.76. The smallest absolute Gasteiger partial charge is 0.251 e. The molecule has 0 spiro atoms. The van der Waals surface area contributed by atoms with Crippen LogP contribution in [0.5, 0.6) is 23.0 Å². The molecule has 6 heteroatoms. The van der Waals surface area contributed by atoms with Crippen molar-refractivity contribution in [3.63, 3.8) is 0 Å². The van der Waals surface area contributed by atoms with Crippen molar-refractivity contribution in [1.82, 2.24) is 5.32 Å². The number of amides is 1. The van der Waals surface area contributed by atoms with Crippen molar-refractivity contribution < 1.29 is 23.7 Å². The fourth-order valence-electron chi connectivity index (χ4n) is 3.48. The van der Waals surface area contributed by atoms with E-state index in [1.807, 2.05) is 44.2 Å². The Hall–Kier alpha value is -2.89. The third-order valence-corrected chi connectivity index (χ3v) is 4.76. The Morgan fingerprint density at radius 1 is 1.11 bits per heavy atom. The van der Waals surface area contributed by atoms with E-state index in [1.165, 1.54) is 0 Å². The maximum Gasteiger partial charge on any atom is 0.251 e. The summed E-state index contributed by atoms with van der Waals surface area (Å²) in [4.78, 5) is 12.3. The Bertz CT molecular complexity index is 862. The Kier molecular flexibility index (Phi) is 5.97. The molecular formula is C22H27NO5. The fraction of sp³-hybridized carbons (Fsp3) is 0.409. The van der Waals surface area contributed by atoms with Gasteiger partial charge in [0.15, 0.2) is 11.5 Å². The summed E-state index contributed by atoms with van der Waals surface area (Å²) < 4.78 is 22.7. The van der Waals surface area contributed by atoms with Crippen molar-refractivity contribution in [2.75, 3.05) is 21.3 Å². The first-order valence-corrected chi connectivity index (χ1v) is 9.37. The molecule has 0 radical (unpaired) electrons. The van der Waals surface area contributed by atoms with E-state index in [9.17, 15) is 4.79 Å². The topological polar surface area (TPSA) is 66.0 Å². The summed E-state index contributed by atoms with van der Waals surface area (Å²) in [5.74, 6) is 2.39. The number of rotatable bonds is 6. The lowest BCUT2D eigenvalue weighted by Crippen LogP contribution is -2.30. The normalized spacial score (nSPS) is 15.4. The van der Waals surface area contributed by atoms with Crippen LogP contribution >= 0.6 is 0 Å². The second-order valence-corrected chi connectivity index (χ2v) is 7.02. The molecule has 0 bridgehead atoms. The first-order valence-electron chi connectivity index (χ1n) is 9.37. The molecule has 2 aromatic carbocycles. The fourth-order valence-corrected chi connectivity index (χ4v) is 3.48. The second kappa shape index (κ2) is 8.42. The van der Waals surface area contributed by atoms with E-state index in [4.69, 9.17) is 18.9 Å². The van der Waals surface area contributed by atoms with Gasteiger partial charge in [-0.3, -0.25) is 4.79 Å². The molecule has 1 aliphatic rings. The van der Waals surface area contributed by atoms with Gasteiger partial charge in [-0.1, -0.05) is 12.1 Å². The van der Waals surface area contributed by atoms with Crippen molar-refractivity contribution in [1.29, 1.82) is 0 Å². The largest absolute Gasteiger partial charge is 0.493 e. The molecule has 2 aromatic rings. The molecule has 1 N–H and O–H groups in total. The zero-order valence-electron chi connectivity index (χ0n) is 17.0. The lowest BCUT2D eigenvalue weighted by molar-refractivity contribution is 0.0942. The number of carbonyl (C=O) groups is 1. The maximum atomic E-state index is 12.3. The molecule has 0 saturated carbocycles. The van der Waals surface area contributed by atoms with Crippen LogP contribution in [0.15, 0.2) is 30.3 Å². The molecule has 1 heterocycles. The number of fused-ring (bicyclic) bond motifs is 1. The zero-order chi connectivity index (χ0) is 20.3. The standard InChI is InChI=1S/C22H27NO5/c1-13(2)23-22(24)15-8-6-7-14(11-15)17-10-9-16-18(28-17)12-19(25-3)21(27-5)20(16)26-4/h6-8,11-13,17H,9-10H2,1-5H3,(H,23,24). The molecule has 0 aliphatic carbocycles. The van der Waals surface area contributed by atoms with Crippen molar-refractivity contribution in [2.45, 2.75) is 38.8 Å². The predicted molar refractivity (Wildman–Crippen MR) is 107 cm³/mol. The number of ether oxygens (including phenoxy) is 4. The van der Waals surface area contributed by atoms with Crippen molar-refractivity contribution in [2.24, 2.45) is 0 Å². The van der Waals surface area contributed by atoms with E-state index >= 15 is 0 Å². The van der Waals surface area contributed by atoms with E-state index in [1.54, 1.807) is 21.3 Å². The van der Waals surface area contributed by atoms with Crippen molar-refractivity contribution >= 4 is 5.91 Å². The zero-order valence-corrected chi connectivity index (χ0v) is 17.0. The van der Waals surface area contributed by atoms with Gasteiger partial charge in [0, 0.05) is 23.2 Å². The second-order valence-electron chi connectivity index (χ2n) is 7.02. The van der Waals surface area contributed by atoms with Gasteiger partial charge in [0.25, 0.3) is 5.91 Å². The molecule has 0 saturated heterocycles. The van der Waals surface area contributed by atoms with E-state index in [2.05, 4.69) is 5.32 Å². The highest BCUT2D eigenvalue weighted by Gasteiger charge is 2.29. The molecule has 28 heavy (non-hydrogen) atoms. The lowest BCUT2D eigenvalue weighted by Gasteiger charge is -2.29. The van der Waals surface area contributed by atoms with Gasteiger partial charge in [-0.15, -0.1) is 0 Å². The van der Waals surface area contributed by atoms with Crippen LogP contribution in [-0.2, 0) is 6.42 Å². The van der Waals surface area contributed by atoms with Crippen LogP contribution < -0.4 is 24.3 Å². The van der Waals surface area contributed by atoms with Crippen LogP contribution in [0.3, 0.4) is 0 Å². The van der Waals surface area contributed by atoms with Gasteiger partial charge in [-0.2, -0.15) is 0 Å². The number of hydrogen-bond donors (Lipinski definition) is 1. The number of carbonyl (C=O) groups excluding carboxylic acids is 1. The van der Waals surface area contributed by atoms with E-state index < -0.39 is 0 Å². The van der Waals surface area contributed by atoms with Gasteiger partial charge >= 0.3 is 0 Å². The van der Waals surface area contributed by atoms with Crippen LogP contribution in [0.4, 0.5) is 0 Å². The van der Waals surface area contributed by atoms with Gasteiger partial charge < -0.3 is 24.3 Å². The predicted octanol–water partition coefficient (Wildman–Crippen LogP) is 3.92. The molecule has 1 unspecified atom stereocenters. The van der Waals surface area contributed by atoms with E-state index in [-0.39, 0.29) is 18.1 Å². The first kappa shape index (κ1) is 19.9. The minimum Gasteiger partial charge on any atom is -0.493 e. The van der Waals surface area contributed by atoms with Crippen LogP contribution in [0, 0.1) is 0 Å². The summed E-state index contributed by atoms with van der Waals surface area (Å²) in [6, 6.07) is 9.50. The summed E-state index contributed by atoms with van der Waals surface area (Å²) >= 11 is 0. The summed E-state index contributed by atoms with van der Waals surface area (Å²) in [5, 5.41) is 2.92. The highest BCUT2D eigenvalue weighted by molar-refractivity contribution is 5.94. The molecule has 0 aromatic heterocycles. The summed E-state index contributed by atoms with van der Waals surface area (Å²) in [5.41, 5.74) is 2.56. The molecule has 1 aliphatic heterocycles. The van der Waals surface area contributed by atoms with Gasteiger partial charge in [0.2, 0.25) is 5.75 Å². The molecule has 150 valence electrons. The Labute approximate surface area is 165 Å². The Morgan fingerprint density at radius 2 is 1.86 bits per heavy atom. The molecule has 0 fully saturated rings. The van der Waals surface area contributed by atoms with E-state index in [0.29, 0.717) is 28.6 Å².